The molecule has 1 aromatic carbocycles. The minimum Gasteiger partial charge on any atom is -0.389 e. The van der Waals surface area contributed by atoms with Crippen LogP contribution in [0.15, 0.2) is 35.7 Å². The van der Waals surface area contributed by atoms with Crippen LogP contribution in [0.25, 0.3) is 10.6 Å². The van der Waals surface area contributed by atoms with Crippen LogP contribution in [-0.4, -0.2) is 40.3 Å². The SMILES string of the molecule is O=C(Cc1csc(-c2ccccc2)n1)N1C[C@H](O)CO1. The summed E-state index contributed by atoms with van der Waals surface area (Å²) in [5, 5.41) is 13.3. The monoisotopic (exact) mass is 290 g/mol. The predicted molar refractivity (Wildman–Crippen MR) is 74.9 cm³/mol. The van der Waals surface area contributed by atoms with Crippen LogP contribution in [0.1, 0.15) is 5.69 Å². The van der Waals surface area contributed by atoms with E-state index in [1.54, 1.807) is 0 Å². The number of benzene rings is 1. The Hall–Kier alpha value is -1.76. The zero-order valence-corrected chi connectivity index (χ0v) is 11.5. The lowest BCUT2D eigenvalue weighted by Crippen LogP contribution is -2.29. The van der Waals surface area contributed by atoms with Gasteiger partial charge >= 0.3 is 0 Å². The second-order valence-corrected chi connectivity index (χ2v) is 5.45. The third-order valence-corrected chi connectivity index (χ3v) is 3.92. The van der Waals surface area contributed by atoms with Gasteiger partial charge in [-0.3, -0.25) is 9.63 Å². The van der Waals surface area contributed by atoms with Crippen LogP contribution in [-0.2, 0) is 16.1 Å². The molecular formula is C14H14N2O3S. The third-order valence-electron chi connectivity index (χ3n) is 2.98. The molecule has 20 heavy (non-hydrogen) atoms. The zero-order chi connectivity index (χ0) is 13.9. The van der Waals surface area contributed by atoms with Gasteiger partial charge in [0, 0.05) is 10.9 Å². The summed E-state index contributed by atoms with van der Waals surface area (Å²) in [7, 11) is 0. The molecule has 3 rings (SSSR count). The smallest absolute Gasteiger partial charge is 0.252 e. The summed E-state index contributed by atoms with van der Waals surface area (Å²) < 4.78 is 0. The largest absolute Gasteiger partial charge is 0.389 e. The van der Waals surface area contributed by atoms with Gasteiger partial charge in [0.15, 0.2) is 0 Å². The Kier molecular flexibility index (Phi) is 3.77. The average molecular weight is 290 g/mol. The van der Waals surface area contributed by atoms with Crippen LogP contribution in [0.2, 0.25) is 0 Å². The number of β-amino-alcohol motifs (C(OH)–C–C–N with tert-alkyl or cyclic N) is 1. The summed E-state index contributed by atoms with van der Waals surface area (Å²) in [5.41, 5.74) is 1.77. The van der Waals surface area contributed by atoms with E-state index in [1.807, 2.05) is 35.7 Å². The van der Waals surface area contributed by atoms with Gasteiger partial charge in [0.25, 0.3) is 5.91 Å². The number of aliphatic hydroxyl groups is 1. The van der Waals surface area contributed by atoms with Crippen LogP contribution in [0, 0.1) is 0 Å². The van der Waals surface area contributed by atoms with Crippen molar-refractivity contribution in [2.45, 2.75) is 12.5 Å². The Balaban J connectivity index is 1.67. The van der Waals surface area contributed by atoms with Crippen molar-refractivity contribution in [2.75, 3.05) is 13.2 Å². The van der Waals surface area contributed by atoms with Crippen molar-refractivity contribution >= 4 is 17.2 Å². The van der Waals surface area contributed by atoms with E-state index in [0.29, 0.717) is 0 Å². The van der Waals surface area contributed by atoms with E-state index in [0.717, 1.165) is 16.3 Å². The molecule has 1 atom stereocenters. The van der Waals surface area contributed by atoms with Crippen molar-refractivity contribution in [1.82, 2.24) is 10.0 Å². The number of hydrogen-bond donors (Lipinski definition) is 1. The fourth-order valence-electron chi connectivity index (χ4n) is 1.99. The van der Waals surface area contributed by atoms with E-state index in [9.17, 15) is 9.90 Å². The highest BCUT2D eigenvalue weighted by atomic mass is 32.1. The second kappa shape index (κ2) is 5.70. The van der Waals surface area contributed by atoms with E-state index in [2.05, 4.69) is 4.98 Å². The Labute approximate surface area is 120 Å². The Morgan fingerprint density at radius 2 is 2.25 bits per heavy atom. The molecular weight excluding hydrogens is 276 g/mol. The number of rotatable bonds is 3. The minimum absolute atomic E-state index is 0.175. The fourth-order valence-corrected chi connectivity index (χ4v) is 2.82. The molecule has 6 heteroatoms. The number of hydrogen-bond acceptors (Lipinski definition) is 5. The van der Waals surface area contributed by atoms with E-state index >= 15 is 0 Å². The van der Waals surface area contributed by atoms with E-state index < -0.39 is 6.10 Å². The summed E-state index contributed by atoms with van der Waals surface area (Å²) >= 11 is 1.52. The molecule has 1 saturated heterocycles. The number of carbonyl (C=O) groups excluding carboxylic acids is 1. The quantitative estimate of drug-likeness (QED) is 0.930. The first-order valence-electron chi connectivity index (χ1n) is 6.33. The Morgan fingerprint density at radius 1 is 1.45 bits per heavy atom. The van der Waals surface area contributed by atoms with Gasteiger partial charge in [0.2, 0.25) is 0 Å². The van der Waals surface area contributed by atoms with Crippen molar-refractivity contribution in [2.24, 2.45) is 0 Å². The van der Waals surface area contributed by atoms with Crippen molar-refractivity contribution < 1.29 is 14.7 Å². The Bertz CT molecular complexity index is 599. The van der Waals surface area contributed by atoms with Gasteiger partial charge in [-0.15, -0.1) is 11.3 Å². The molecule has 0 unspecified atom stereocenters. The maximum absolute atomic E-state index is 12.0. The van der Waals surface area contributed by atoms with Crippen LogP contribution < -0.4 is 0 Å². The van der Waals surface area contributed by atoms with Crippen molar-refractivity contribution in [3.05, 3.63) is 41.4 Å². The van der Waals surface area contributed by atoms with E-state index in [-0.39, 0.29) is 25.5 Å². The van der Waals surface area contributed by atoms with Gasteiger partial charge in [-0.1, -0.05) is 30.3 Å². The molecule has 1 fully saturated rings. The number of amides is 1. The number of hydroxylamine groups is 2. The molecule has 2 heterocycles. The van der Waals surface area contributed by atoms with Crippen molar-refractivity contribution in [3.8, 4) is 10.6 Å². The standard InChI is InChI=1S/C14H14N2O3S/c17-12-7-16(19-8-12)13(18)6-11-9-20-14(15-11)10-4-2-1-3-5-10/h1-5,9,12,17H,6-8H2/t12-/m0/s1. The molecule has 1 aliphatic rings. The molecule has 2 aromatic rings. The minimum atomic E-state index is -0.589. The molecule has 0 bridgehead atoms. The van der Waals surface area contributed by atoms with E-state index in [4.69, 9.17) is 4.84 Å². The third kappa shape index (κ3) is 2.87. The summed E-state index contributed by atoms with van der Waals surface area (Å²) in [6.07, 6.45) is -0.398. The van der Waals surface area contributed by atoms with Crippen LogP contribution in [0.4, 0.5) is 0 Å². The highest BCUT2D eigenvalue weighted by Crippen LogP contribution is 2.23. The number of aliphatic hydroxyl groups excluding tert-OH is 1. The van der Waals surface area contributed by atoms with Gasteiger partial charge in [0.05, 0.1) is 24.8 Å². The highest BCUT2D eigenvalue weighted by molar-refractivity contribution is 7.13. The highest BCUT2D eigenvalue weighted by Gasteiger charge is 2.26. The number of thiazole rings is 1. The molecule has 0 aliphatic carbocycles. The normalized spacial score (nSPS) is 18.4. The lowest BCUT2D eigenvalue weighted by molar-refractivity contribution is -0.167. The van der Waals surface area contributed by atoms with Crippen LogP contribution in [0.5, 0.6) is 0 Å². The maximum atomic E-state index is 12.0. The molecule has 1 aromatic heterocycles. The number of carbonyl (C=O) groups is 1. The van der Waals surface area contributed by atoms with Crippen molar-refractivity contribution in [1.29, 1.82) is 0 Å². The topological polar surface area (TPSA) is 62.7 Å². The summed E-state index contributed by atoms with van der Waals surface area (Å²) in [5.74, 6) is -0.175. The van der Waals surface area contributed by atoms with Gasteiger partial charge in [0.1, 0.15) is 11.6 Å². The first kappa shape index (κ1) is 13.2. The van der Waals surface area contributed by atoms with Crippen LogP contribution in [0.3, 0.4) is 0 Å². The molecule has 0 radical (unpaired) electrons. The molecule has 0 saturated carbocycles. The summed E-state index contributed by atoms with van der Waals surface area (Å²) in [6, 6.07) is 9.86. The number of aromatic nitrogens is 1. The summed E-state index contributed by atoms with van der Waals surface area (Å²) in [4.78, 5) is 21.5. The molecule has 5 nitrogen and oxygen atoms in total. The average Bonchev–Trinajstić information content (AvgIpc) is 3.09. The maximum Gasteiger partial charge on any atom is 0.252 e. The van der Waals surface area contributed by atoms with Crippen molar-refractivity contribution in [3.63, 3.8) is 0 Å². The molecule has 1 N–H and O–H groups in total. The lowest BCUT2D eigenvalue weighted by atomic mass is 10.2. The zero-order valence-electron chi connectivity index (χ0n) is 10.7. The second-order valence-electron chi connectivity index (χ2n) is 4.59. The molecule has 1 aliphatic heterocycles. The van der Waals surface area contributed by atoms with Gasteiger partial charge in [-0.25, -0.2) is 10.0 Å². The number of nitrogens with zero attached hydrogens (tertiary/aromatic N) is 2. The molecule has 1 amide bonds. The molecule has 104 valence electrons. The Morgan fingerprint density at radius 3 is 2.95 bits per heavy atom. The summed E-state index contributed by atoms with van der Waals surface area (Å²) in [6.45, 7) is 0.409. The molecule has 0 spiro atoms. The van der Waals surface area contributed by atoms with Gasteiger partial charge in [-0.2, -0.15) is 0 Å². The van der Waals surface area contributed by atoms with Gasteiger partial charge in [-0.05, 0) is 0 Å². The first-order valence-corrected chi connectivity index (χ1v) is 7.21. The fraction of sp³-hybridized carbons (Fsp3) is 0.286. The van der Waals surface area contributed by atoms with Crippen LogP contribution >= 0.6 is 11.3 Å². The predicted octanol–water partition coefficient (Wildman–Crippen LogP) is 1.49. The lowest BCUT2D eigenvalue weighted by Gasteiger charge is -2.12. The van der Waals surface area contributed by atoms with Gasteiger partial charge < -0.3 is 5.11 Å². The van der Waals surface area contributed by atoms with E-state index in [1.165, 1.54) is 16.4 Å². The first-order chi connectivity index (χ1) is 9.72.